The van der Waals surface area contributed by atoms with E-state index in [2.05, 4.69) is 15.4 Å². The fourth-order valence-corrected chi connectivity index (χ4v) is 3.51. The first kappa shape index (κ1) is 21.8. The topological polar surface area (TPSA) is 80.1 Å². The molecule has 1 aliphatic rings. The zero-order valence-corrected chi connectivity index (χ0v) is 17.3. The molecule has 2 aromatic heterocycles. The Bertz CT molecular complexity index is 1190. The average Bonchev–Trinajstić information content (AvgIpc) is 3.20. The summed E-state index contributed by atoms with van der Waals surface area (Å²) < 4.78 is 38.9. The molecule has 0 unspecified atom stereocenters. The van der Waals surface area contributed by atoms with Crippen LogP contribution in [0.1, 0.15) is 24.0 Å². The van der Waals surface area contributed by atoms with Crippen LogP contribution < -0.4 is 15.8 Å². The highest BCUT2D eigenvalue weighted by molar-refractivity contribution is 6.32. The monoisotopic (exact) mass is 463 g/mol. The Kier molecular flexibility index (Phi) is 5.88. The summed E-state index contributed by atoms with van der Waals surface area (Å²) in [7, 11) is 0. The minimum absolute atomic E-state index is 0.0801. The van der Waals surface area contributed by atoms with Crippen molar-refractivity contribution in [3.05, 3.63) is 75.3 Å². The van der Waals surface area contributed by atoms with E-state index in [1.54, 1.807) is 4.90 Å². The van der Waals surface area contributed by atoms with Crippen molar-refractivity contribution < 1.29 is 18.0 Å². The lowest BCUT2D eigenvalue weighted by Crippen LogP contribution is -2.24. The largest absolute Gasteiger partial charge is 0.417 e. The number of aromatic nitrogens is 3. The summed E-state index contributed by atoms with van der Waals surface area (Å²) in [6, 6.07) is 9.30. The fourth-order valence-electron chi connectivity index (χ4n) is 3.31. The van der Waals surface area contributed by atoms with Crippen molar-refractivity contribution >= 4 is 28.9 Å². The van der Waals surface area contributed by atoms with Gasteiger partial charge in [0.1, 0.15) is 5.02 Å². The van der Waals surface area contributed by atoms with Crippen molar-refractivity contribution in [2.75, 3.05) is 16.8 Å². The fraction of sp³-hybridized carbons (Fsp3) is 0.238. The number of amides is 1. The number of benzene rings is 1. The molecule has 4 rings (SSSR count). The first-order valence-corrected chi connectivity index (χ1v) is 10.1. The lowest BCUT2D eigenvalue weighted by Gasteiger charge is -2.16. The number of hydrogen-bond acceptors (Lipinski definition) is 5. The van der Waals surface area contributed by atoms with Crippen LogP contribution in [0.4, 0.5) is 24.5 Å². The molecule has 7 nitrogen and oxygen atoms in total. The molecule has 1 aromatic carbocycles. The van der Waals surface area contributed by atoms with Gasteiger partial charge in [-0.25, -0.2) is 4.98 Å². The molecule has 32 heavy (non-hydrogen) atoms. The molecular formula is C21H17ClF3N5O2. The van der Waals surface area contributed by atoms with Crippen LogP contribution in [0.15, 0.2) is 53.6 Å². The SMILES string of the molecule is O=C1CCCN1c1ccc(CNc2cnn(-c3ccc(C(F)(F)F)cn3)c(=O)c2Cl)cc1. The van der Waals surface area contributed by atoms with Gasteiger partial charge in [-0.2, -0.15) is 23.0 Å². The third-order valence-corrected chi connectivity index (χ3v) is 5.38. The number of nitrogens with zero attached hydrogens (tertiary/aromatic N) is 4. The average molecular weight is 464 g/mol. The van der Waals surface area contributed by atoms with Crippen LogP contribution in [-0.2, 0) is 17.5 Å². The predicted molar refractivity (Wildman–Crippen MR) is 113 cm³/mol. The molecule has 3 heterocycles. The smallest absolute Gasteiger partial charge is 0.378 e. The maximum absolute atomic E-state index is 12.7. The highest BCUT2D eigenvalue weighted by Gasteiger charge is 2.30. The van der Waals surface area contributed by atoms with Crippen molar-refractivity contribution in [2.45, 2.75) is 25.6 Å². The third-order valence-electron chi connectivity index (χ3n) is 5.02. The molecular weight excluding hydrogens is 447 g/mol. The maximum atomic E-state index is 12.7. The molecule has 1 aliphatic heterocycles. The zero-order chi connectivity index (χ0) is 22.9. The molecule has 11 heteroatoms. The molecule has 0 saturated carbocycles. The molecule has 0 aliphatic carbocycles. The quantitative estimate of drug-likeness (QED) is 0.617. The second-order valence-corrected chi connectivity index (χ2v) is 7.54. The number of nitrogens with one attached hydrogen (secondary N) is 1. The van der Waals surface area contributed by atoms with E-state index >= 15 is 0 Å². The third kappa shape index (κ3) is 4.45. The standard InChI is InChI=1S/C21H17ClF3N5O2/c22-19-16(26-10-13-3-6-15(7-4-13)29-9-1-2-18(29)31)12-28-30(20(19)32)17-8-5-14(11-27-17)21(23,24)25/h3-8,11-12,26H,1-2,9-10H2. The van der Waals surface area contributed by atoms with Gasteiger partial charge in [0, 0.05) is 31.4 Å². The Hall–Kier alpha value is -3.40. The van der Waals surface area contributed by atoms with Gasteiger partial charge >= 0.3 is 6.18 Å². The second kappa shape index (κ2) is 8.62. The number of hydrogen-bond donors (Lipinski definition) is 1. The minimum Gasteiger partial charge on any atom is -0.378 e. The van der Waals surface area contributed by atoms with Gasteiger partial charge in [-0.15, -0.1) is 0 Å². The molecule has 0 atom stereocenters. The van der Waals surface area contributed by atoms with Crippen LogP contribution >= 0.6 is 11.6 Å². The van der Waals surface area contributed by atoms with E-state index in [1.165, 1.54) is 6.20 Å². The Morgan fingerprint density at radius 2 is 1.81 bits per heavy atom. The lowest BCUT2D eigenvalue weighted by molar-refractivity contribution is -0.137. The van der Waals surface area contributed by atoms with Gasteiger partial charge in [0.2, 0.25) is 5.91 Å². The van der Waals surface area contributed by atoms with Crippen molar-refractivity contribution in [1.82, 2.24) is 14.8 Å². The van der Waals surface area contributed by atoms with Gasteiger partial charge in [-0.1, -0.05) is 23.7 Å². The van der Waals surface area contributed by atoms with E-state index in [4.69, 9.17) is 11.6 Å². The van der Waals surface area contributed by atoms with Gasteiger partial charge in [0.15, 0.2) is 5.82 Å². The van der Waals surface area contributed by atoms with Crippen molar-refractivity contribution in [2.24, 2.45) is 0 Å². The number of alkyl halides is 3. The van der Waals surface area contributed by atoms with Crippen LogP contribution in [0, 0.1) is 0 Å². The highest BCUT2D eigenvalue weighted by atomic mass is 35.5. The van der Waals surface area contributed by atoms with Gasteiger partial charge in [-0.05, 0) is 36.2 Å². The summed E-state index contributed by atoms with van der Waals surface area (Å²) in [6.07, 6.45) is -1.19. The van der Waals surface area contributed by atoms with Crippen molar-refractivity contribution in [3.63, 3.8) is 0 Å². The molecule has 0 spiro atoms. The summed E-state index contributed by atoms with van der Waals surface area (Å²) in [5, 5.41) is 6.81. The highest BCUT2D eigenvalue weighted by Crippen LogP contribution is 2.28. The number of pyridine rings is 1. The van der Waals surface area contributed by atoms with E-state index in [0.717, 1.165) is 34.5 Å². The minimum atomic E-state index is -4.53. The van der Waals surface area contributed by atoms with Gasteiger partial charge < -0.3 is 10.2 Å². The molecule has 166 valence electrons. The maximum Gasteiger partial charge on any atom is 0.417 e. The van der Waals surface area contributed by atoms with E-state index in [1.807, 2.05) is 24.3 Å². The van der Waals surface area contributed by atoms with E-state index < -0.39 is 17.3 Å². The first-order chi connectivity index (χ1) is 15.2. The molecule has 1 fully saturated rings. The van der Waals surface area contributed by atoms with E-state index in [9.17, 15) is 22.8 Å². The second-order valence-electron chi connectivity index (χ2n) is 7.16. The summed E-state index contributed by atoms with van der Waals surface area (Å²) >= 11 is 6.16. The number of carbonyl (C=O) groups excluding carboxylic acids is 1. The number of halogens is 4. The Balaban J connectivity index is 1.47. The first-order valence-electron chi connectivity index (χ1n) is 9.68. The summed E-state index contributed by atoms with van der Waals surface area (Å²) in [5.74, 6) is 0.0281. The van der Waals surface area contributed by atoms with E-state index in [0.29, 0.717) is 25.7 Å². The van der Waals surface area contributed by atoms with Gasteiger partial charge in [-0.3, -0.25) is 9.59 Å². The van der Waals surface area contributed by atoms with Crippen LogP contribution in [0.2, 0.25) is 5.02 Å². The van der Waals surface area contributed by atoms with Crippen molar-refractivity contribution in [1.29, 1.82) is 0 Å². The van der Waals surface area contributed by atoms with Crippen molar-refractivity contribution in [3.8, 4) is 5.82 Å². The Morgan fingerprint density at radius 1 is 1.06 bits per heavy atom. The normalized spacial score (nSPS) is 14.1. The van der Waals surface area contributed by atoms with Gasteiger partial charge in [0.05, 0.1) is 17.4 Å². The molecule has 0 radical (unpaired) electrons. The number of anilines is 2. The summed E-state index contributed by atoms with van der Waals surface area (Å²) in [5.41, 5.74) is 0.358. The van der Waals surface area contributed by atoms with E-state index in [-0.39, 0.29) is 22.4 Å². The molecule has 0 bridgehead atoms. The van der Waals surface area contributed by atoms with Crippen LogP contribution in [0.3, 0.4) is 0 Å². The number of carbonyl (C=O) groups is 1. The Morgan fingerprint density at radius 3 is 2.41 bits per heavy atom. The van der Waals surface area contributed by atoms with Crippen LogP contribution in [-0.4, -0.2) is 27.2 Å². The van der Waals surface area contributed by atoms with Gasteiger partial charge in [0.25, 0.3) is 5.56 Å². The molecule has 3 aromatic rings. The van der Waals surface area contributed by atoms with Crippen LogP contribution in [0.5, 0.6) is 0 Å². The summed E-state index contributed by atoms with van der Waals surface area (Å²) in [4.78, 5) is 29.8. The lowest BCUT2D eigenvalue weighted by atomic mass is 10.2. The zero-order valence-electron chi connectivity index (χ0n) is 16.6. The summed E-state index contributed by atoms with van der Waals surface area (Å²) in [6.45, 7) is 1.05. The Labute approximate surface area is 185 Å². The predicted octanol–water partition coefficient (Wildman–Crippen LogP) is 4.04. The number of rotatable bonds is 5. The molecule has 1 N–H and O–H groups in total. The molecule has 1 amide bonds. The van der Waals surface area contributed by atoms with Crippen LogP contribution in [0.25, 0.3) is 5.82 Å². The molecule has 1 saturated heterocycles.